The molecular weight excluding hydrogens is 405 g/mol. The smallest absolute Gasteiger partial charge is 0.226 e. The predicted octanol–water partition coefficient (Wildman–Crippen LogP) is 5.75. The van der Waals surface area contributed by atoms with E-state index in [0.29, 0.717) is 49.1 Å². The monoisotopic (exact) mass is 441 g/mol. The molecule has 5 heteroatoms. The van der Waals surface area contributed by atoms with Crippen molar-refractivity contribution in [3.8, 4) is 5.75 Å². The zero-order valence-electron chi connectivity index (χ0n) is 19.2. The van der Waals surface area contributed by atoms with Crippen LogP contribution >= 0.6 is 0 Å². The van der Waals surface area contributed by atoms with Crippen LogP contribution in [0.2, 0.25) is 0 Å². The fraction of sp³-hybridized carbons (Fsp3) is 0.667. The highest BCUT2D eigenvalue weighted by atomic mass is 19.1. The largest absolute Gasteiger partial charge is 0.489 e. The van der Waals surface area contributed by atoms with Gasteiger partial charge in [-0.15, -0.1) is 0 Å². The number of benzene rings is 1. The number of ether oxygens (including phenoxy) is 2. The second-order valence-electron chi connectivity index (χ2n) is 10.6. The van der Waals surface area contributed by atoms with Crippen molar-refractivity contribution in [1.82, 2.24) is 5.32 Å². The first-order chi connectivity index (χ1) is 15.5. The number of nitrogens with one attached hydrogen (secondary N) is 1. The summed E-state index contributed by atoms with van der Waals surface area (Å²) in [6, 6.07) is 8.67. The zero-order valence-corrected chi connectivity index (χ0v) is 19.2. The van der Waals surface area contributed by atoms with Gasteiger partial charge < -0.3 is 14.8 Å². The lowest BCUT2D eigenvalue weighted by Crippen LogP contribution is -2.54. The average molecular weight is 442 g/mol. The van der Waals surface area contributed by atoms with Gasteiger partial charge in [0, 0.05) is 11.5 Å². The van der Waals surface area contributed by atoms with Gasteiger partial charge in [0.1, 0.15) is 12.4 Å². The molecule has 4 bridgehead atoms. The van der Waals surface area contributed by atoms with Gasteiger partial charge in [0.2, 0.25) is 5.91 Å². The van der Waals surface area contributed by atoms with E-state index >= 15 is 0 Å². The van der Waals surface area contributed by atoms with Crippen LogP contribution in [0, 0.1) is 5.41 Å². The Morgan fingerprint density at radius 1 is 1.09 bits per heavy atom. The summed E-state index contributed by atoms with van der Waals surface area (Å²) in [4.78, 5) is 13.3. The standard InChI is InChI=1S/C27H36FNO3/c1-2-19(17-28)18-31-22-5-3-20(4-6-22)26-9-12-27(13-10-26,14-11-26)25(30)29-21-15-23-7-8-24(16-21)32-23/h3-6,17,21,23-24H,2,7-16,18H2,1H3,(H,29,30)/b19-17+. The number of hydrogen-bond donors (Lipinski definition) is 1. The van der Waals surface area contributed by atoms with Crippen LogP contribution in [0.25, 0.3) is 0 Å². The molecule has 174 valence electrons. The van der Waals surface area contributed by atoms with Gasteiger partial charge in [-0.3, -0.25) is 4.79 Å². The van der Waals surface area contributed by atoms with Crippen LogP contribution in [-0.4, -0.2) is 30.8 Å². The molecule has 5 fully saturated rings. The summed E-state index contributed by atoms with van der Waals surface area (Å²) >= 11 is 0. The number of hydrogen-bond acceptors (Lipinski definition) is 3. The number of rotatable bonds is 7. The molecule has 1 aromatic rings. The lowest BCUT2D eigenvalue weighted by atomic mass is 9.51. The lowest BCUT2D eigenvalue weighted by Gasteiger charge is -2.53. The minimum absolute atomic E-state index is 0.169. The first-order valence-electron chi connectivity index (χ1n) is 12.5. The van der Waals surface area contributed by atoms with Gasteiger partial charge in [-0.25, -0.2) is 4.39 Å². The third-order valence-corrected chi connectivity index (χ3v) is 8.85. The topological polar surface area (TPSA) is 47.6 Å². The first kappa shape index (κ1) is 21.9. The van der Waals surface area contributed by atoms with Crippen molar-refractivity contribution in [2.45, 2.75) is 101 Å². The maximum atomic E-state index is 13.3. The van der Waals surface area contributed by atoms with E-state index in [9.17, 15) is 9.18 Å². The van der Waals surface area contributed by atoms with E-state index in [1.54, 1.807) is 0 Å². The van der Waals surface area contributed by atoms with Crippen LogP contribution in [0.3, 0.4) is 0 Å². The summed E-state index contributed by atoms with van der Waals surface area (Å²) in [5.41, 5.74) is 2.04. The van der Waals surface area contributed by atoms with E-state index in [0.717, 1.165) is 70.0 Å². The van der Waals surface area contributed by atoms with Crippen molar-refractivity contribution in [1.29, 1.82) is 0 Å². The Morgan fingerprint density at radius 3 is 2.28 bits per heavy atom. The van der Waals surface area contributed by atoms with Gasteiger partial charge in [0.05, 0.1) is 18.5 Å². The molecule has 1 N–H and O–H groups in total. The van der Waals surface area contributed by atoms with Crippen molar-refractivity contribution in [2.75, 3.05) is 6.61 Å². The molecule has 2 unspecified atom stereocenters. The molecule has 1 amide bonds. The van der Waals surface area contributed by atoms with Gasteiger partial charge >= 0.3 is 0 Å². The van der Waals surface area contributed by atoms with Gasteiger partial charge in [0.15, 0.2) is 0 Å². The van der Waals surface area contributed by atoms with Crippen molar-refractivity contribution in [3.05, 3.63) is 41.7 Å². The Bertz CT molecular complexity index is 828. The first-order valence-corrected chi connectivity index (χ1v) is 12.5. The molecule has 2 atom stereocenters. The van der Waals surface area contributed by atoms with Gasteiger partial charge in [0.25, 0.3) is 0 Å². The SMILES string of the molecule is CC/C(=C\F)COc1ccc(C23CCC(C(=O)NC4CC5CCC(C4)O5)(CC2)CC3)cc1. The van der Waals surface area contributed by atoms with Crippen LogP contribution in [0.1, 0.15) is 83.1 Å². The number of fused-ring (bicyclic) bond motifs is 5. The third-order valence-electron chi connectivity index (χ3n) is 8.85. The molecular formula is C27H36FNO3. The Kier molecular flexibility index (Phi) is 6.04. The summed E-state index contributed by atoms with van der Waals surface area (Å²) in [6.45, 7) is 2.22. The molecule has 6 rings (SSSR count). The highest BCUT2D eigenvalue weighted by molar-refractivity contribution is 5.83. The second-order valence-corrected chi connectivity index (χ2v) is 10.6. The van der Waals surface area contributed by atoms with Crippen molar-refractivity contribution in [2.24, 2.45) is 5.41 Å². The molecule has 3 aliphatic carbocycles. The van der Waals surface area contributed by atoms with E-state index in [1.807, 2.05) is 19.1 Å². The summed E-state index contributed by atoms with van der Waals surface area (Å²) in [7, 11) is 0. The molecule has 5 aliphatic rings. The number of carbonyl (C=O) groups is 1. The fourth-order valence-corrected chi connectivity index (χ4v) is 6.56. The molecule has 3 saturated carbocycles. The molecule has 2 aliphatic heterocycles. The van der Waals surface area contributed by atoms with Crippen molar-refractivity contribution in [3.63, 3.8) is 0 Å². The number of amides is 1. The van der Waals surface area contributed by atoms with Crippen LogP contribution in [-0.2, 0) is 14.9 Å². The minimum atomic E-state index is -0.169. The van der Waals surface area contributed by atoms with Gasteiger partial charge in [-0.1, -0.05) is 19.1 Å². The molecule has 2 heterocycles. The van der Waals surface area contributed by atoms with Crippen molar-refractivity contribution < 1.29 is 18.7 Å². The van der Waals surface area contributed by atoms with E-state index in [4.69, 9.17) is 9.47 Å². The highest BCUT2D eigenvalue weighted by Crippen LogP contribution is 2.58. The van der Waals surface area contributed by atoms with E-state index < -0.39 is 0 Å². The van der Waals surface area contributed by atoms with Crippen molar-refractivity contribution >= 4 is 5.91 Å². The Morgan fingerprint density at radius 2 is 1.72 bits per heavy atom. The third kappa shape index (κ3) is 4.09. The summed E-state index contributed by atoms with van der Waals surface area (Å²) in [6.07, 6.45) is 12.5. The van der Waals surface area contributed by atoms with Crippen LogP contribution in [0.15, 0.2) is 36.2 Å². The number of carbonyl (C=O) groups excluding carboxylic acids is 1. The van der Waals surface area contributed by atoms with Crippen LogP contribution in [0.4, 0.5) is 4.39 Å². The molecule has 0 spiro atoms. The van der Waals surface area contributed by atoms with E-state index in [-0.39, 0.29) is 10.8 Å². The Balaban J connectivity index is 1.18. The highest BCUT2D eigenvalue weighted by Gasteiger charge is 2.53. The maximum absolute atomic E-state index is 13.3. The van der Waals surface area contributed by atoms with Gasteiger partial charge in [-0.2, -0.15) is 0 Å². The molecule has 1 aromatic carbocycles. The molecule has 4 nitrogen and oxygen atoms in total. The summed E-state index contributed by atoms with van der Waals surface area (Å²) in [5.74, 6) is 1.08. The van der Waals surface area contributed by atoms with Crippen LogP contribution < -0.4 is 10.1 Å². The molecule has 0 radical (unpaired) electrons. The lowest BCUT2D eigenvalue weighted by molar-refractivity contribution is -0.139. The molecule has 2 saturated heterocycles. The van der Waals surface area contributed by atoms with E-state index in [1.165, 1.54) is 5.56 Å². The van der Waals surface area contributed by atoms with E-state index in [2.05, 4.69) is 17.4 Å². The Labute approximate surface area is 190 Å². The summed E-state index contributed by atoms with van der Waals surface area (Å²) in [5, 5.41) is 3.43. The molecule has 0 aromatic heterocycles. The average Bonchev–Trinajstić information content (AvgIpc) is 3.19. The zero-order chi connectivity index (χ0) is 22.2. The van der Waals surface area contributed by atoms with Crippen LogP contribution in [0.5, 0.6) is 5.75 Å². The predicted molar refractivity (Wildman–Crippen MR) is 122 cm³/mol. The molecule has 32 heavy (non-hydrogen) atoms. The summed E-state index contributed by atoms with van der Waals surface area (Å²) < 4.78 is 24.4. The normalized spacial score (nSPS) is 36.2. The quantitative estimate of drug-likeness (QED) is 0.586. The maximum Gasteiger partial charge on any atom is 0.226 e. The second kappa shape index (κ2) is 8.81. The van der Waals surface area contributed by atoms with Gasteiger partial charge in [-0.05, 0) is 99.3 Å². The minimum Gasteiger partial charge on any atom is -0.489 e. The fourth-order valence-electron chi connectivity index (χ4n) is 6.56. The number of halogens is 1. The Hall–Kier alpha value is -1.88.